The average molecular weight is 270 g/mol. The van der Waals surface area contributed by atoms with Crippen LogP contribution in [-0.4, -0.2) is 40.6 Å². The first-order valence-electron chi connectivity index (χ1n) is 7.36. The van der Waals surface area contributed by atoms with Crippen molar-refractivity contribution in [2.24, 2.45) is 0 Å². The van der Waals surface area contributed by atoms with Gasteiger partial charge in [-0.05, 0) is 26.2 Å². The number of amides is 2. The third-order valence-electron chi connectivity index (χ3n) is 3.64. The van der Waals surface area contributed by atoms with Crippen LogP contribution in [0.4, 0.5) is 4.79 Å². The maximum Gasteiger partial charge on any atom is 0.326 e. The van der Waals surface area contributed by atoms with Gasteiger partial charge in [-0.3, -0.25) is 0 Å². The second kappa shape index (κ2) is 8.02. The fourth-order valence-electron chi connectivity index (χ4n) is 2.58. The van der Waals surface area contributed by atoms with Crippen molar-refractivity contribution in [1.29, 1.82) is 0 Å². The molecule has 5 heteroatoms. The number of carbonyl (C=O) groups excluding carboxylic acids is 1. The minimum atomic E-state index is -0.889. The van der Waals surface area contributed by atoms with Gasteiger partial charge < -0.3 is 15.3 Å². The van der Waals surface area contributed by atoms with Crippen molar-refractivity contribution in [2.45, 2.75) is 70.9 Å². The van der Waals surface area contributed by atoms with Crippen molar-refractivity contribution >= 4 is 12.0 Å². The van der Waals surface area contributed by atoms with Crippen LogP contribution in [0.25, 0.3) is 0 Å². The number of hydrogen-bond acceptors (Lipinski definition) is 2. The Hall–Kier alpha value is -1.26. The van der Waals surface area contributed by atoms with E-state index in [9.17, 15) is 14.7 Å². The Morgan fingerprint density at radius 1 is 1.32 bits per heavy atom. The van der Waals surface area contributed by atoms with Crippen molar-refractivity contribution in [1.82, 2.24) is 10.2 Å². The first kappa shape index (κ1) is 15.8. The normalized spacial score (nSPS) is 22.2. The number of carboxylic acid groups (broad SMARTS) is 1. The Morgan fingerprint density at radius 2 is 2.00 bits per heavy atom. The van der Waals surface area contributed by atoms with E-state index in [0.29, 0.717) is 13.0 Å². The molecule has 1 aliphatic heterocycles. The van der Waals surface area contributed by atoms with Crippen LogP contribution in [0.3, 0.4) is 0 Å². The van der Waals surface area contributed by atoms with E-state index in [1.165, 1.54) is 4.90 Å². The van der Waals surface area contributed by atoms with E-state index >= 15 is 0 Å². The van der Waals surface area contributed by atoms with Crippen LogP contribution in [0.1, 0.15) is 58.8 Å². The number of likely N-dealkylation sites (tertiary alicyclic amines) is 1. The lowest BCUT2D eigenvalue weighted by atomic mass is 10.0. The molecule has 2 atom stereocenters. The maximum absolute atomic E-state index is 12.2. The molecule has 19 heavy (non-hydrogen) atoms. The van der Waals surface area contributed by atoms with E-state index in [2.05, 4.69) is 12.2 Å². The highest BCUT2D eigenvalue weighted by Crippen LogP contribution is 2.17. The zero-order valence-corrected chi connectivity index (χ0v) is 12.0. The molecule has 2 amide bonds. The lowest BCUT2D eigenvalue weighted by Gasteiger charge is -2.32. The molecule has 0 bridgehead atoms. The average Bonchev–Trinajstić information content (AvgIpc) is 2.27. The molecular weight excluding hydrogens is 244 g/mol. The smallest absolute Gasteiger partial charge is 0.326 e. The molecule has 1 saturated heterocycles. The van der Waals surface area contributed by atoms with Crippen LogP contribution >= 0.6 is 0 Å². The summed E-state index contributed by atoms with van der Waals surface area (Å²) in [6, 6.07) is -0.804. The molecule has 1 rings (SSSR count). The summed E-state index contributed by atoms with van der Waals surface area (Å²) in [5, 5.41) is 12.2. The third kappa shape index (κ3) is 5.09. The molecule has 0 aromatic carbocycles. The summed E-state index contributed by atoms with van der Waals surface area (Å²) in [6.07, 6.45) is 6.38. The molecule has 5 nitrogen and oxygen atoms in total. The summed E-state index contributed by atoms with van der Waals surface area (Å²) in [6.45, 7) is 4.57. The van der Waals surface area contributed by atoms with Gasteiger partial charge in [-0.2, -0.15) is 0 Å². The highest BCUT2D eigenvalue weighted by molar-refractivity contribution is 5.82. The fraction of sp³-hybridized carbons (Fsp3) is 0.857. The number of hydrogen-bond donors (Lipinski definition) is 2. The quantitative estimate of drug-likeness (QED) is 0.825. The largest absolute Gasteiger partial charge is 0.480 e. The van der Waals surface area contributed by atoms with Crippen LogP contribution in [0, 0.1) is 0 Å². The standard InChI is InChI=1S/C14H26N2O3/c1-3-8-11(2)15-14(19)16-10-7-5-4-6-9-12(16)13(17)18/h11-12H,3-10H2,1-2H3,(H,15,19)(H,17,18). The molecule has 0 aromatic heterocycles. The summed E-state index contributed by atoms with van der Waals surface area (Å²) in [5.74, 6) is -0.889. The van der Waals surface area contributed by atoms with Crippen LogP contribution < -0.4 is 5.32 Å². The maximum atomic E-state index is 12.2. The molecule has 110 valence electrons. The molecule has 0 radical (unpaired) electrons. The third-order valence-corrected chi connectivity index (χ3v) is 3.64. The van der Waals surface area contributed by atoms with E-state index in [0.717, 1.165) is 38.5 Å². The summed E-state index contributed by atoms with van der Waals surface area (Å²) in [5.41, 5.74) is 0. The number of nitrogens with one attached hydrogen (secondary N) is 1. The minimum absolute atomic E-state index is 0.0948. The number of carbonyl (C=O) groups is 2. The van der Waals surface area contributed by atoms with E-state index in [1.54, 1.807) is 0 Å². The van der Waals surface area contributed by atoms with Crippen molar-refractivity contribution in [2.75, 3.05) is 6.54 Å². The van der Waals surface area contributed by atoms with E-state index in [-0.39, 0.29) is 12.1 Å². The van der Waals surface area contributed by atoms with Gasteiger partial charge in [-0.1, -0.05) is 32.6 Å². The Balaban J connectivity index is 2.66. The summed E-state index contributed by atoms with van der Waals surface area (Å²) < 4.78 is 0. The number of nitrogens with zero attached hydrogens (tertiary/aromatic N) is 1. The Morgan fingerprint density at radius 3 is 2.63 bits per heavy atom. The van der Waals surface area contributed by atoms with Gasteiger partial charge in [0.2, 0.25) is 0 Å². The first-order chi connectivity index (χ1) is 9.06. The lowest BCUT2D eigenvalue weighted by Crippen LogP contribution is -2.52. The van der Waals surface area contributed by atoms with Gasteiger partial charge in [0.05, 0.1) is 0 Å². The van der Waals surface area contributed by atoms with Crippen molar-refractivity contribution in [3.63, 3.8) is 0 Å². The molecule has 1 heterocycles. The van der Waals surface area contributed by atoms with Crippen LogP contribution in [0.5, 0.6) is 0 Å². The molecule has 0 aromatic rings. The highest BCUT2D eigenvalue weighted by atomic mass is 16.4. The van der Waals surface area contributed by atoms with E-state index in [4.69, 9.17) is 0 Å². The number of urea groups is 1. The van der Waals surface area contributed by atoms with Crippen molar-refractivity contribution < 1.29 is 14.7 Å². The minimum Gasteiger partial charge on any atom is -0.480 e. The molecular formula is C14H26N2O3. The Labute approximate surface area is 115 Å². The molecule has 2 N–H and O–H groups in total. The Bertz CT molecular complexity index is 307. The van der Waals surface area contributed by atoms with Gasteiger partial charge in [0.25, 0.3) is 0 Å². The van der Waals surface area contributed by atoms with Gasteiger partial charge in [0, 0.05) is 12.6 Å². The number of rotatable bonds is 4. The Kier molecular flexibility index (Phi) is 6.67. The summed E-state index contributed by atoms with van der Waals surface area (Å²) >= 11 is 0. The van der Waals surface area contributed by atoms with Gasteiger partial charge in [-0.15, -0.1) is 0 Å². The van der Waals surface area contributed by atoms with Crippen LogP contribution in [0.2, 0.25) is 0 Å². The molecule has 2 unspecified atom stereocenters. The summed E-state index contributed by atoms with van der Waals surface area (Å²) in [4.78, 5) is 25.0. The lowest BCUT2D eigenvalue weighted by molar-refractivity contribution is -0.142. The monoisotopic (exact) mass is 270 g/mol. The van der Waals surface area contributed by atoms with Gasteiger partial charge in [0.15, 0.2) is 0 Å². The molecule has 1 fully saturated rings. The number of aliphatic carboxylic acids is 1. The second-order valence-corrected chi connectivity index (χ2v) is 5.39. The van der Waals surface area contributed by atoms with Gasteiger partial charge in [0.1, 0.15) is 6.04 Å². The predicted octanol–water partition coefficient (Wildman–Crippen LogP) is 2.60. The first-order valence-corrected chi connectivity index (χ1v) is 7.36. The molecule has 0 aliphatic carbocycles. The highest BCUT2D eigenvalue weighted by Gasteiger charge is 2.30. The van der Waals surface area contributed by atoms with Crippen LogP contribution in [0.15, 0.2) is 0 Å². The van der Waals surface area contributed by atoms with Crippen LogP contribution in [-0.2, 0) is 4.79 Å². The van der Waals surface area contributed by atoms with Crippen molar-refractivity contribution in [3.8, 4) is 0 Å². The SMILES string of the molecule is CCCC(C)NC(=O)N1CCCCCCC1C(=O)O. The van der Waals surface area contributed by atoms with Gasteiger partial charge in [-0.25, -0.2) is 9.59 Å². The fourth-order valence-corrected chi connectivity index (χ4v) is 2.58. The second-order valence-electron chi connectivity index (χ2n) is 5.39. The predicted molar refractivity (Wildman–Crippen MR) is 74.1 cm³/mol. The van der Waals surface area contributed by atoms with E-state index < -0.39 is 12.0 Å². The van der Waals surface area contributed by atoms with E-state index in [1.807, 2.05) is 6.92 Å². The zero-order chi connectivity index (χ0) is 14.3. The molecule has 0 saturated carbocycles. The number of carboxylic acids is 1. The molecule has 0 spiro atoms. The summed E-state index contributed by atoms with van der Waals surface area (Å²) in [7, 11) is 0. The van der Waals surface area contributed by atoms with Crippen molar-refractivity contribution in [3.05, 3.63) is 0 Å². The topological polar surface area (TPSA) is 69.6 Å². The zero-order valence-electron chi connectivity index (χ0n) is 12.0. The van der Waals surface area contributed by atoms with Gasteiger partial charge >= 0.3 is 12.0 Å². The molecule has 1 aliphatic rings.